The van der Waals surface area contributed by atoms with E-state index in [4.69, 9.17) is 14.6 Å². The Labute approximate surface area is 250 Å². The van der Waals surface area contributed by atoms with Gasteiger partial charge >= 0.3 is 11.9 Å². The number of amides is 3. The largest absolute Gasteiger partial charge is 0.481 e. The fourth-order valence-corrected chi connectivity index (χ4v) is 4.47. The molecule has 240 valence electrons. The van der Waals surface area contributed by atoms with E-state index in [0.29, 0.717) is 10.8 Å². The van der Waals surface area contributed by atoms with Crippen molar-refractivity contribution in [3.05, 3.63) is 42.0 Å². The van der Waals surface area contributed by atoms with Crippen molar-refractivity contribution in [1.82, 2.24) is 10.6 Å². The van der Waals surface area contributed by atoms with Crippen LogP contribution in [-0.2, 0) is 28.7 Å². The first kappa shape index (κ1) is 34.3. The number of aliphatic hydroxyl groups excluding tert-OH is 4. The van der Waals surface area contributed by atoms with Crippen LogP contribution in [0.4, 0.5) is 5.69 Å². The normalized spacial score (nSPS) is 22.9. The van der Waals surface area contributed by atoms with Gasteiger partial charge in [0.25, 0.3) is 5.91 Å². The summed E-state index contributed by atoms with van der Waals surface area (Å²) in [4.78, 5) is 61.3. The highest BCUT2D eigenvalue weighted by Gasteiger charge is 2.44. The summed E-state index contributed by atoms with van der Waals surface area (Å²) < 4.78 is 10.5. The molecule has 3 rings (SSSR count). The maximum absolute atomic E-state index is 13.3. The Morgan fingerprint density at radius 3 is 2.30 bits per heavy atom. The van der Waals surface area contributed by atoms with E-state index in [1.807, 2.05) is 0 Å². The van der Waals surface area contributed by atoms with Crippen LogP contribution in [0.3, 0.4) is 0 Å². The van der Waals surface area contributed by atoms with Crippen molar-refractivity contribution in [3.8, 4) is 0 Å². The summed E-state index contributed by atoms with van der Waals surface area (Å²) in [7, 11) is 0. The van der Waals surface area contributed by atoms with Gasteiger partial charge in [-0.15, -0.1) is 0 Å². The average Bonchev–Trinajstić information content (AvgIpc) is 2.98. The summed E-state index contributed by atoms with van der Waals surface area (Å²) in [5, 5.41) is 65.6. The number of ether oxygens (including phenoxy) is 2. The quantitative estimate of drug-likeness (QED) is 0.117. The predicted octanol–water partition coefficient (Wildman–Crippen LogP) is -1.46. The Morgan fingerprint density at radius 1 is 0.932 bits per heavy atom. The van der Waals surface area contributed by atoms with Gasteiger partial charge in [0.15, 0.2) is 6.29 Å². The first-order valence-corrected chi connectivity index (χ1v) is 13.6. The summed E-state index contributed by atoms with van der Waals surface area (Å²) in [5.41, 5.74) is -0.0508. The molecule has 1 aliphatic rings. The van der Waals surface area contributed by atoms with Gasteiger partial charge in [-0.3, -0.25) is 19.2 Å². The molecule has 7 atom stereocenters. The molecular formula is C28H35N3O13. The van der Waals surface area contributed by atoms with E-state index >= 15 is 0 Å². The van der Waals surface area contributed by atoms with Crippen LogP contribution in [0.15, 0.2) is 36.4 Å². The third-order valence-corrected chi connectivity index (χ3v) is 6.89. The highest BCUT2D eigenvalue weighted by molar-refractivity contribution is 6.14. The Morgan fingerprint density at radius 2 is 1.64 bits per heavy atom. The van der Waals surface area contributed by atoms with Gasteiger partial charge in [-0.2, -0.15) is 0 Å². The fraction of sp³-hybridized carbons (Fsp3) is 0.464. The average molecular weight is 622 g/mol. The number of benzene rings is 2. The smallest absolute Gasteiger partial charge is 0.326 e. The molecule has 2 aromatic carbocycles. The molecule has 1 heterocycles. The number of carboxylic acids is 2. The van der Waals surface area contributed by atoms with E-state index in [-0.39, 0.29) is 30.7 Å². The highest BCUT2D eigenvalue weighted by atomic mass is 16.7. The SMILES string of the molecule is C[C@@H](NC(=O)CCO[C@@H]1OC(CO)C(O)C(O)C1O)C(=O)Nc1ccc2ccccc2c1C(=O)NC(CCC(=O)O)C(=O)O. The molecule has 0 aromatic heterocycles. The van der Waals surface area contributed by atoms with E-state index in [2.05, 4.69) is 16.0 Å². The minimum atomic E-state index is -1.65. The van der Waals surface area contributed by atoms with Crippen LogP contribution in [0, 0.1) is 0 Å². The predicted molar refractivity (Wildman–Crippen MR) is 150 cm³/mol. The standard InChI is InChI=1S/C28H35N3O13/c1-13(29-19(33)10-11-43-28-24(38)23(37)22(36)18(12-32)44-28)25(39)30-16-7-6-14-4-2-3-5-15(14)21(16)26(40)31-17(27(41)42)8-9-20(34)35/h2-7,13,17-18,22-24,28,32,36-38H,8-12H2,1H3,(H,29,33)(H,30,39)(H,31,40)(H,34,35)(H,41,42)/t13-,17?,18?,22?,23?,24?,28-/m1/s1. The Hall–Kier alpha value is -4.19. The van der Waals surface area contributed by atoms with Crippen LogP contribution in [-0.4, -0.2) is 116 Å². The van der Waals surface area contributed by atoms with Crippen LogP contribution in [0.25, 0.3) is 10.8 Å². The topological polar surface area (TPSA) is 261 Å². The number of carbonyl (C=O) groups excluding carboxylic acids is 3. The second-order valence-electron chi connectivity index (χ2n) is 10.1. The van der Waals surface area contributed by atoms with Crippen molar-refractivity contribution in [3.63, 3.8) is 0 Å². The van der Waals surface area contributed by atoms with E-state index < -0.39 is 85.5 Å². The molecule has 1 fully saturated rings. The van der Waals surface area contributed by atoms with Crippen LogP contribution in [0.1, 0.15) is 36.5 Å². The maximum Gasteiger partial charge on any atom is 0.326 e. The molecule has 3 amide bonds. The number of hydrogen-bond donors (Lipinski definition) is 9. The van der Waals surface area contributed by atoms with Crippen molar-refractivity contribution in [2.24, 2.45) is 0 Å². The lowest BCUT2D eigenvalue weighted by atomic mass is 9.99. The number of aliphatic carboxylic acids is 2. The number of fused-ring (bicyclic) bond motifs is 1. The Bertz CT molecular complexity index is 1370. The minimum Gasteiger partial charge on any atom is -0.481 e. The number of anilines is 1. The molecule has 1 saturated heterocycles. The lowest BCUT2D eigenvalue weighted by molar-refractivity contribution is -0.300. The summed E-state index contributed by atoms with van der Waals surface area (Å²) >= 11 is 0. The van der Waals surface area contributed by atoms with Crippen LogP contribution in [0.5, 0.6) is 0 Å². The van der Waals surface area contributed by atoms with Gasteiger partial charge in [-0.1, -0.05) is 30.3 Å². The number of carboxylic acid groups (broad SMARTS) is 2. The van der Waals surface area contributed by atoms with Crippen molar-refractivity contribution in [1.29, 1.82) is 0 Å². The third kappa shape index (κ3) is 8.68. The van der Waals surface area contributed by atoms with Crippen LogP contribution >= 0.6 is 0 Å². The number of nitrogens with one attached hydrogen (secondary N) is 3. The number of aliphatic hydroxyl groups is 4. The molecule has 44 heavy (non-hydrogen) atoms. The molecule has 16 heteroatoms. The van der Waals surface area contributed by atoms with E-state index in [1.54, 1.807) is 30.3 Å². The van der Waals surface area contributed by atoms with Crippen molar-refractivity contribution < 1.29 is 64.1 Å². The molecule has 0 radical (unpaired) electrons. The molecule has 16 nitrogen and oxygen atoms in total. The Balaban J connectivity index is 1.65. The Kier molecular flexibility index (Phi) is 12.1. The van der Waals surface area contributed by atoms with E-state index in [0.717, 1.165) is 0 Å². The zero-order valence-corrected chi connectivity index (χ0v) is 23.6. The van der Waals surface area contributed by atoms with Crippen LogP contribution < -0.4 is 16.0 Å². The molecule has 0 spiro atoms. The van der Waals surface area contributed by atoms with Gasteiger partial charge in [0, 0.05) is 6.42 Å². The second-order valence-corrected chi connectivity index (χ2v) is 10.1. The zero-order valence-electron chi connectivity index (χ0n) is 23.6. The van der Waals surface area contributed by atoms with E-state index in [1.165, 1.54) is 13.0 Å². The number of hydrogen-bond acceptors (Lipinski definition) is 11. The van der Waals surface area contributed by atoms with Gasteiger partial charge < -0.3 is 56.1 Å². The molecule has 2 aromatic rings. The van der Waals surface area contributed by atoms with Crippen molar-refractivity contribution in [2.45, 2.75) is 69.0 Å². The summed E-state index contributed by atoms with van der Waals surface area (Å²) in [6, 6.07) is 7.07. The van der Waals surface area contributed by atoms with Gasteiger partial charge in [0.2, 0.25) is 11.8 Å². The number of rotatable bonds is 14. The zero-order chi connectivity index (χ0) is 32.6. The first-order chi connectivity index (χ1) is 20.8. The first-order valence-electron chi connectivity index (χ1n) is 13.6. The molecular weight excluding hydrogens is 586 g/mol. The van der Waals surface area contributed by atoms with Crippen molar-refractivity contribution in [2.75, 3.05) is 18.5 Å². The third-order valence-electron chi connectivity index (χ3n) is 6.89. The summed E-state index contributed by atoms with van der Waals surface area (Å²) in [6.45, 7) is 0.409. The molecule has 5 unspecified atom stereocenters. The summed E-state index contributed by atoms with van der Waals surface area (Å²) in [6.07, 6.45) is -8.64. The highest BCUT2D eigenvalue weighted by Crippen LogP contribution is 2.27. The van der Waals surface area contributed by atoms with Crippen LogP contribution in [0.2, 0.25) is 0 Å². The lowest BCUT2D eigenvalue weighted by Crippen LogP contribution is -2.59. The molecule has 0 aliphatic carbocycles. The van der Waals surface area contributed by atoms with Crippen molar-refractivity contribution >= 4 is 46.1 Å². The second kappa shape index (κ2) is 15.5. The minimum absolute atomic E-state index is 0.0145. The molecule has 1 aliphatic heterocycles. The fourth-order valence-electron chi connectivity index (χ4n) is 4.47. The maximum atomic E-state index is 13.3. The molecule has 9 N–H and O–H groups in total. The van der Waals surface area contributed by atoms with Gasteiger partial charge in [0.1, 0.15) is 36.5 Å². The lowest BCUT2D eigenvalue weighted by Gasteiger charge is -2.39. The molecule has 0 saturated carbocycles. The molecule has 0 bridgehead atoms. The van der Waals surface area contributed by atoms with Gasteiger partial charge in [0.05, 0.1) is 30.9 Å². The van der Waals surface area contributed by atoms with Gasteiger partial charge in [-0.25, -0.2) is 4.79 Å². The van der Waals surface area contributed by atoms with Gasteiger partial charge in [-0.05, 0) is 30.2 Å². The number of carbonyl (C=O) groups is 5. The monoisotopic (exact) mass is 621 g/mol. The summed E-state index contributed by atoms with van der Waals surface area (Å²) in [5.74, 6) is -4.90. The van der Waals surface area contributed by atoms with E-state index in [9.17, 15) is 49.5 Å².